The fourth-order valence-electron chi connectivity index (χ4n) is 4.87. The molecule has 9 heteroatoms. The van der Waals surface area contributed by atoms with Crippen molar-refractivity contribution in [3.05, 3.63) is 65.2 Å². The Balaban J connectivity index is 1.58. The van der Waals surface area contributed by atoms with Crippen LogP contribution < -0.4 is 14.4 Å². The van der Waals surface area contributed by atoms with Gasteiger partial charge in [-0.25, -0.2) is 4.90 Å². The first-order valence-corrected chi connectivity index (χ1v) is 10.7. The first-order valence-electron chi connectivity index (χ1n) is 10.4. The fourth-order valence-corrected chi connectivity index (χ4v) is 5.09. The van der Waals surface area contributed by atoms with Crippen molar-refractivity contribution in [3.63, 3.8) is 0 Å². The van der Waals surface area contributed by atoms with E-state index in [-0.39, 0.29) is 10.8 Å². The summed E-state index contributed by atoms with van der Waals surface area (Å²) in [6.45, 7) is 0. The molecule has 0 radical (unpaired) electrons. The Morgan fingerprint density at radius 1 is 1.00 bits per heavy atom. The van der Waals surface area contributed by atoms with Gasteiger partial charge in [-0.3, -0.25) is 19.4 Å². The van der Waals surface area contributed by atoms with Crippen LogP contribution in [0.25, 0.3) is 0 Å². The Morgan fingerprint density at radius 3 is 2.45 bits per heavy atom. The zero-order valence-electron chi connectivity index (χ0n) is 17.8. The number of benzene rings is 2. The third-order valence-corrected chi connectivity index (χ3v) is 6.64. The molecule has 0 unspecified atom stereocenters. The van der Waals surface area contributed by atoms with E-state index in [1.54, 1.807) is 65.8 Å². The van der Waals surface area contributed by atoms with Crippen molar-refractivity contribution in [1.82, 2.24) is 5.01 Å². The fraction of sp³-hybridized carbons (Fsp3) is 0.250. The van der Waals surface area contributed by atoms with Gasteiger partial charge in [-0.2, -0.15) is 5.10 Å². The minimum Gasteiger partial charge on any atom is -0.493 e. The molecule has 0 N–H and O–H groups in total. The zero-order chi connectivity index (χ0) is 23.3. The topological polar surface area (TPSA) is 88.5 Å². The number of ether oxygens (including phenoxy) is 2. The monoisotopic (exact) mass is 465 g/mol. The first-order chi connectivity index (χ1) is 16.0. The second-order valence-electron chi connectivity index (χ2n) is 7.91. The summed E-state index contributed by atoms with van der Waals surface area (Å²) in [5, 5.41) is 6.21. The molecule has 0 spiro atoms. The van der Waals surface area contributed by atoms with Crippen molar-refractivity contribution in [3.8, 4) is 11.5 Å². The van der Waals surface area contributed by atoms with E-state index in [1.165, 1.54) is 14.2 Å². The molecule has 2 saturated heterocycles. The van der Waals surface area contributed by atoms with Crippen LogP contribution in [-0.2, 0) is 9.59 Å². The minimum atomic E-state index is -0.955. The van der Waals surface area contributed by atoms with Gasteiger partial charge in [0, 0.05) is 11.8 Å². The van der Waals surface area contributed by atoms with Gasteiger partial charge >= 0.3 is 0 Å². The number of ketones is 1. The van der Waals surface area contributed by atoms with E-state index >= 15 is 0 Å². The van der Waals surface area contributed by atoms with Crippen LogP contribution in [0, 0.1) is 11.8 Å². The molecule has 0 aliphatic carbocycles. The molecule has 168 valence electrons. The largest absolute Gasteiger partial charge is 0.493 e. The van der Waals surface area contributed by atoms with Gasteiger partial charge in [0.05, 0.1) is 42.8 Å². The number of fused-ring (bicyclic) bond motifs is 3. The summed E-state index contributed by atoms with van der Waals surface area (Å²) in [6, 6.07) is 10.0. The van der Waals surface area contributed by atoms with Crippen LogP contribution in [0.2, 0.25) is 5.02 Å². The van der Waals surface area contributed by atoms with Gasteiger partial charge < -0.3 is 9.47 Å². The zero-order valence-corrected chi connectivity index (χ0v) is 18.6. The van der Waals surface area contributed by atoms with Crippen molar-refractivity contribution in [2.24, 2.45) is 16.9 Å². The van der Waals surface area contributed by atoms with Crippen LogP contribution in [0.4, 0.5) is 5.69 Å². The van der Waals surface area contributed by atoms with Gasteiger partial charge in [0.25, 0.3) is 0 Å². The second kappa shape index (κ2) is 8.04. The third kappa shape index (κ3) is 3.13. The number of carbonyl (C=O) groups is 3. The number of anilines is 1. The minimum absolute atomic E-state index is 0.288. The number of halogens is 1. The summed E-state index contributed by atoms with van der Waals surface area (Å²) < 4.78 is 10.6. The van der Waals surface area contributed by atoms with Gasteiger partial charge in [-0.15, -0.1) is 0 Å². The number of methoxy groups -OCH3 is 2. The molecule has 0 aromatic heterocycles. The Labute approximate surface area is 195 Å². The van der Waals surface area contributed by atoms with Crippen LogP contribution in [0.5, 0.6) is 11.5 Å². The van der Waals surface area contributed by atoms with Crippen LogP contribution in [0.3, 0.4) is 0 Å². The first kappa shape index (κ1) is 21.2. The Morgan fingerprint density at radius 2 is 1.73 bits per heavy atom. The molecule has 3 aliphatic rings. The lowest BCUT2D eigenvalue weighted by Crippen LogP contribution is -2.46. The van der Waals surface area contributed by atoms with Gasteiger partial charge in [0.2, 0.25) is 11.8 Å². The molecule has 2 fully saturated rings. The Kier molecular flexibility index (Phi) is 5.17. The van der Waals surface area contributed by atoms with E-state index in [0.29, 0.717) is 22.7 Å². The summed E-state index contributed by atoms with van der Waals surface area (Å²) in [6.07, 6.45) is 5.07. The summed E-state index contributed by atoms with van der Waals surface area (Å²) in [4.78, 5) is 41.9. The number of rotatable bonds is 5. The molecule has 8 nitrogen and oxygen atoms in total. The summed E-state index contributed by atoms with van der Waals surface area (Å²) in [5.74, 6) is -1.97. The SMILES string of the molecule is COc1ccc(C(=O)[C@@H]2[C@@H]3C(=O)N(c4ccccc4Cl)C(=O)[C@H]3[C@@H]3C=CC=NN23)cc1OC. The van der Waals surface area contributed by atoms with Crippen molar-refractivity contribution >= 4 is 41.1 Å². The number of nitrogens with zero attached hydrogens (tertiary/aromatic N) is 3. The molecule has 3 heterocycles. The molecule has 2 aromatic rings. The molecule has 3 aliphatic heterocycles. The number of hydrogen-bond acceptors (Lipinski definition) is 7. The molecule has 0 saturated carbocycles. The third-order valence-electron chi connectivity index (χ3n) is 6.32. The lowest BCUT2D eigenvalue weighted by Gasteiger charge is -2.30. The number of allylic oxidation sites excluding steroid dienone is 1. The van der Waals surface area contributed by atoms with E-state index in [2.05, 4.69) is 5.10 Å². The summed E-state index contributed by atoms with van der Waals surface area (Å²) in [7, 11) is 2.99. The van der Waals surface area contributed by atoms with Crippen molar-refractivity contribution < 1.29 is 23.9 Å². The average Bonchev–Trinajstić information content (AvgIpc) is 3.31. The van der Waals surface area contributed by atoms with Crippen molar-refractivity contribution in [1.29, 1.82) is 0 Å². The average molecular weight is 466 g/mol. The highest BCUT2D eigenvalue weighted by Crippen LogP contribution is 2.47. The van der Waals surface area contributed by atoms with Crippen LogP contribution in [-0.4, -0.2) is 55.1 Å². The smallest absolute Gasteiger partial charge is 0.240 e. The number of para-hydroxylation sites is 1. The van der Waals surface area contributed by atoms with E-state index in [4.69, 9.17) is 21.1 Å². The van der Waals surface area contributed by atoms with Gasteiger partial charge in [-0.05, 0) is 36.4 Å². The molecule has 4 atom stereocenters. The maximum atomic E-state index is 13.7. The molecular weight excluding hydrogens is 446 g/mol. The molecular formula is C24H20ClN3O5. The maximum Gasteiger partial charge on any atom is 0.240 e. The van der Waals surface area contributed by atoms with Gasteiger partial charge in [-0.1, -0.05) is 29.8 Å². The molecule has 5 rings (SSSR count). The highest BCUT2D eigenvalue weighted by Gasteiger charge is 2.64. The maximum absolute atomic E-state index is 13.7. The lowest BCUT2D eigenvalue weighted by atomic mass is 9.86. The number of Topliss-reactive ketones (excluding diaryl/α,β-unsaturated/α-hetero) is 1. The van der Waals surface area contributed by atoms with Crippen molar-refractivity contribution in [2.45, 2.75) is 12.1 Å². The highest BCUT2D eigenvalue weighted by atomic mass is 35.5. The summed E-state index contributed by atoms with van der Waals surface area (Å²) >= 11 is 6.30. The summed E-state index contributed by atoms with van der Waals surface area (Å²) in [5.41, 5.74) is 0.647. The second-order valence-corrected chi connectivity index (χ2v) is 8.32. The molecule has 0 bridgehead atoms. The Bertz CT molecular complexity index is 1230. The number of amides is 2. The number of imide groups is 1. The Hall–Kier alpha value is -3.65. The highest BCUT2D eigenvalue weighted by molar-refractivity contribution is 6.36. The van der Waals surface area contributed by atoms with E-state index < -0.39 is 35.7 Å². The molecule has 33 heavy (non-hydrogen) atoms. The standard InChI is InChI=1S/C24H20ClN3O5/c1-32-17-10-9-13(12-18(17)33-2)22(29)21-20-19(16-8-5-11-26-28(16)21)23(30)27(24(20)31)15-7-4-3-6-14(15)25/h3-12,16,19-21H,1-2H3/t16-,19-,20+,21-/m0/s1. The van der Waals surface area contributed by atoms with E-state index in [1.807, 2.05) is 0 Å². The van der Waals surface area contributed by atoms with Crippen molar-refractivity contribution in [2.75, 3.05) is 19.1 Å². The van der Waals surface area contributed by atoms with Gasteiger partial charge in [0.1, 0.15) is 6.04 Å². The van der Waals surface area contributed by atoms with E-state index in [0.717, 1.165) is 4.90 Å². The van der Waals surface area contributed by atoms with Crippen LogP contribution in [0.1, 0.15) is 10.4 Å². The normalized spacial score (nSPS) is 25.3. The number of carbonyl (C=O) groups excluding carboxylic acids is 3. The number of hydrogen-bond donors (Lipinski definition) is 0. The van der Waals surface area contributed by atoms with Crippen LogP contribution in [0.15, 0.2) is 59.7 Å². The van der Waals surface area contributed by atoms with Crippen LogP contribution >= 0.6 is 11.6 Å². The van der Waals surface area contributed by atoms with E-state index in [9.17, 15) is 14.4 Å². The predicted octanol–water partition coefficient (Wildman–Crippen LogP) is 2.95. The lowest BCUT2D eigenvalue weighted by molar-refractivity contribution is -0.123. The molecule has 2 amide bonds. The predicted molar refractivity (Wildman–Crippen MR) is 122 cm³/mol. The number of hydrazone groups is 1. The quantitative estimate of drug-likeness (QED) is 0.498. The van der Waals surface area contributed by atoms with Gasteiger partial charge in [0.15, 0.2) is 17.3 Å². The molecule has 2 aromatic carbocycles.